The predicted octanol–water partition coefficient (Wildman–Crippen LogP) is 1.72. The maximum Gasteiger partial charge on any atom is 0.325 e. The summed E-state index contributed by atoms with van der Waals surface area (Å²) >= 11 is 0. The SMILES string of the molecule is CCCc1noc(CN2C(=O)N[C@@](C)(c3ccc4c(c3)OCO4)C2=O)n1. The number of hydrogen-bond donors (Lipinski definition) is 1. The molecule has 3 amide bonds. The number of carbonyl (C=O) groups is 2. The van der Waals surface area contributed by atoms with Crippen LogP contribution in [-0.2, 0) is 23.3 Å². The molecule has 1 saturated heterocycles. The molecule has 0 spiro atoms. The normalized spacial score (nSPS) is 21.4. The quantitative estimate of drug-likeness (QED) is 0.811. The molecule has 3 heterocycles. The van der Waals surface area contributed by atoms with Crippen molar-refractivity contribution in [2.45, 2.75) is 38.8 Å². The van der Waals surface area contributed by atoms with E-state index in [9.17, 15) is 9.59 Å². The largest absolute Gasteiger partial charge is 0.454 e. The van der Waals surface area contributed by atoms with Crippen molar-refractivity contribution in [1.82, 2.24) is 20.4 Å². The maximum atomic E-state index is 13.0. The fraction of sp³-hybridized carbons (Fsp3) is 0.412. The van der Waals surface area contributed by atoms with E-state index in [4.69, 9.17) is 14.0 Å². The summed E-state index contributed by atoms with van der Waals surface area (Å²) in [7, 11) is 0. The van der Waals surface area contributed by atoms with Crippen molar-refractivity contribution in [3.63, 3.8) is 0 Å². The molecule has 1 aromatic heterocycles. The highest BCUT2D eigenvalue weighted by Crippen LogP contribution is 2.38. The molecule has 2 aliphatic rings. The molecule has 1 atom stereocenters. The van der Waals surface area contributed by atoms with Crippen molar-refractivity contribution in [1.29, 1.82) is 0 Å². The van der Waals surface area contributed by atoms with Gasteiger partial charge in [0.1, 0.15) is 12.1 Å². The Morgan fingerprint density at radius 2 is 2.08 bits per heavy atom. The smallest absolute Gasteiger partial charge is 0.325 e. The molecule has 0 aliphatic carbocycles. The molecule has 1 aromatic carbocycles. The number of carbonyl (C=O) groups excluding carboxylic acids is 2. The predicted molar refractivity (Wildman–Crippen MR) is 87.3 cm³/mol. The van der Waals surface area contributed by atoms with Crippen molar-refractivity contribution < 1.29 is 23.6 Å². The van der Waals surface area contributed by atoms with Crippen LogP contribution in [0.5, 0.6) is 11.5 Å². The topological polar surface area (TPSA) is 107 Å². The van der Waals surface area contributed by atoms with Gasteiger partial charge >= 0.3 is 6.03 Å². The Labute approximate surface area is 149 Å². The maximum absolute atomic E-state index is 13.0. The second kappa shape index (κ2) is 6.01. The number of aryl methyl sites for hydroxylation is 1. The van der Waals surface area contributed by atoms with Gasteiger partial charge in [0.2, 0.25) is 12.7 Å². The number of fused-ring (bicyclic) bond motifs is 1. The van der Waals surface area contributed by atoms with Crippen LogP contribution in [0.4, 0.5) is 4.79 Å². The highest BCUT2D eigenvalue weighted by Gasteiger charge is 2.49. The number of ether oxygens (including phenoxy) is 2. The third kappa shape index (κ3) is 2.56. The second-order valence-electron chi connectivity index (χ2n) is 6.37. The minimum Gasteiger partial charge on any atom is -0.454 e. The van der Waals surface area contributed by atoms with Gasteiger partial charge < -0.3 is 19.3 Å². The van der Waals surface area contributed by atoms with E-state index in [0.29, 0.717) is 29.3 Å². The molecule has 9 nitrogen and oxygen atoms in total. The van der Waals surface area contributed by atoms with E-state index in [2.05, 4.69) is 15.5 Å². The number of benzene rings is 1. The van der Waals surface area contributed by atoms with Gasteiger partial charge in [0.05, 0.1) is 0 Å². The van der Waals surface area contributed by atoms with Gasteiger partial charge in [0.25, 0.3) is 5.91 Å². The van der Waals surface area contributed by atoms with E-state index < -0.39 is 17.5 Å². The molecular formula is C17H18N4O5. The summed E-state index contributed by atoms with van der Waals surface area (Å²) in [6, 6.07) is 4.66. The molecule has 0 radical (unpaired) electrons. The van der Waals surface area contributed by atoms with Crippen LogP contribution < -0.4 is 14.8 Å². The van der Waals surface area contributed by atoms with Crippen LogP contribution in [0, 0.1) is 0 Å². The van der Waals surface area contributed by atoms with Gasteiger partial charge in [-0.1, -0.05) is 18.1 Å². The molecular weight excluding hydrogens is 340 g/mol. The molecule has 26 heavy (non-hydrogen) atoms. The van der Waals surface area contributed by atoms with Crippen molar-refractivity contribution in [2.75, 3.05) is 6.79 Å². The summed E-state index contributed by atoms with van der Waals surface area (Å²) in [4.78, 5) is 30.6. The molecule has 1 N–H and O–H groups in total. The Morgan fingerprint density at radius 3 is 2.88 bits per heavy atom. The summed E-state index contributed by atoms with van der Waals surface area (Å²) in [5.74, 6) is 1.56. The fourth-order valence-corrected chi connectivity index (χ4v) is 3.06. The summed E-state index contributed by atoms with van der Waals surface area (Å²) in [5, 5.41) is 6.59. The molecule has 1 fully saturated rings. The molecule has 136 valence electrons. The van der Waals surface area contributed by atoms with E-state index in [1.165, 1.54) is 0 Å². The van der Waals surface area contributed by atoms with Gasteiger partial charge in [0, 0.05) is 6.42 Å². The van der Waals surface area contributed by atoms with Crippen LogP contribution in [0.1, 0.15) is 37.5 Å². The van der Waals surface area contributed by atoms with E-state index in [1.54, 1.807) is 25.1 Å². The van der Waals surface area contributed by atoms with Crippen molar-refractivity contribution in [2.24, 2.45) is 0 Å². The van der Waals surface area contributed by atoms with Crippen molar-refractivity contribution in [3.8, 4) is 11.5 Å². The molecule has 2 aromatic rings. The lowest BCUT2D eigenvalue weighted by Gasteiger charge is -2.22. The molecule has 0 saturated carbocycles. The first-order valence-corrected chi connectivity index (χ1v) is 8.37. The first kappa shape index (κ1) is 16.4. The lowest BCUT2D eigenvalue weighted by atomic mass is 9.91. The van der Waals surface area contributed by atoms with Gasteiger partial charge in [-0.2, -0.15) is 4.98 Å². The zero-order chi connectivity index (χ0) is 18.3. The minimum absolute atomic E-state index is 0.0679. The van der Waals surface area contributed by atoms with Crippen LogP contribution in [-0.4, -0.2) is 33.8 Å². The average Bonchev–Trinajstić information content (AvgIpc) is 3.31. The summed E-state index contributed by atoms with van der Waals surface area (Å²) in [6.45, 7) is 3.73. The standard InChI is InChI=1S/C17H18N4O5/c1-3-4-13-18-14(26-20-13)8-21-15(22)17(2,19-16(21)23)10-5-6-11-12(7-10)25-9-24-11/h5-7H,3-4,8-9H2,1-2H3,(H,19,23)/t17-/m0/s1. The van der Waals surface area contributed by atoms with Crippen LogP contribution in [0.3, 0.4) is 0 Å². The molecule has 0 unspecified atom stereocenters. The number of hydrogen-bond acceptors (Lipinski definition) is 7. The van der Waals surface area contributed by atoms with Crippen LogP contribution in [0.15, 0.2) is 22.7 Å². The zero-order valence-corrected chi connectivity index (χ0v) is 14.4. The number of amides is 3. The van der Waals surface area contributed by atoms with Crippen molar-refractivity contribution >= 4 is 11.9 Å². The Bertz CT molecular complexity index is 880. The number of aromatic nitrogens is 2. The van der Waals surface area contributed by atoms with Gasteiger partial charge in [-0.3, -0.25) is 9.69 Å². The highest BCUT2D eigenvalue weighted by molar-refractivity contribution is 6.07. The van der Waals surface area contributed by atoms with E-state index >= 15 is 0 Å². The zero-order valence-electron chi connectivity index (χ0n) is 14.4. The first-order chi connectivity index (χ1) is 12.5. The molecule has 2 aliphatic heterocycles. The summed E-state index contributed by atoms with van der Waals surface area (Å²) < 4.78 is 15.8. The number of rotatable bonds is 5. The molecule has 9 heteroatoms. The lowest BCUT2D eigenvalue weighted by molar-refractivity contribution is -0.131. The minimum atomic E-state index is -1.20. The van der Waals surface area contributed by atoms with Crippen LogP contribution in [0.2, 0.25) is 0 Å². The summed E-state index contributed by atoms with van der Waals surface area (Å²) in [6.07, 6.45) is 1.56. The van der Waals surface area contributed by atoms with Crippen LogP contribution >= 0.6 is 0 Å². The van der Waals surface area contributed by atoms with E-state index in [-0.39, 0.29) is 19.2 Å². The van der Waals surface area contributed by atoms with Crippen molar-refractivity contribution in [3.05, 3.63) is 35.5 Å². The molecule has 0 bridgehead atoms. The van der Waals surface area contributed by atoms with E-state index in [1.807, 2.05) is 6.92 Å². The number of urea groups is 1. The number of nitrogens with one attached hydrogen (secondary N) is 1. The van der Waals surface area contributed by atoms with Gasteiger partial charge in [0.15, 0.2) is 17.3 Å². The van der Waals surface area contributed by atoms with Gasteiger partial charge in [-0.15, -0.1) is 0 Å². The Hall–Kier alpha value is -3.10. The third-order valence-corrected chi connectivity index (χ3v) is 4.50. The monoisotopic (exact) mass is 358 g/mol. The highest BCUT2D eigenvalue weighted by atomic mass is 16.7. The lowest BCUT2D eigenvalue weighted by Crippen LogP contribution is -2.40. The fourth-order valence-electron chi connectivity index (χ4n) is 3.06. The van der Waals surface area contributed by atoms with Crippen LogP contribution in [0.25, 0.3) is 0 Å². The van der Waals surface area contributed by atoms with Gasteiger partial charge in [-0.05, 0) is 31.0 Å². The van der Waals surface area contributed by atoms with E-state index in [0.717, 1.165) is 11.3 Å². The van der Waals surface area contributed by atoms with Gasteiger partial charge in [-0.25, -0.2) is 4.79 Å². The Balaban J connectivity index is 1.57. The second-order valence-corrected chi connectivity index (χ2v) is 6.37. The first-order valence-electron chi connectivity index (χ1n) is 8.37. The Kier molecular flexibility index (Phi) is 3.78. The Morgan fingerprint density at radius 1 is 1.27 bits per heavy atom. The molecule has 4 rings (SSSR count). The number of imide groups is 1. The average molecular weight is 358 g/mol. The number of nitrogens with zero attached hydrogens (tertiary/aromatic N) is 3. The third-order valence-electron chi connectivity index (χ3n) is 4.50. The summed E-state index contributed by atoms with van der Waals surface area (Å²) in [5.41, 5.74) is -0.593.